The Morgan fingerprint density at radius 3 is 2.67 bits per heavy atom. The molecule has 110 valence electrons. The predicted octanol–water partition coefficient (Wildman–Crippen LogP) is 3.14. The number of carbonyl (C=O) groups excluding carboxylic acids is 1. The van der Waals surface area contributed by atoms with Crippen molar-refractivity contribution in [2.24, 2.45) is 0 Å². The topological polar surface area (TPSA) is 42.4 Å². The van der Waals surface area contributed by atoms with E-state index in [2.05, 4.69) is 4.98 Å². The van der Waals surface area contributed by atoms with Crippen molar-refractivity contribution in [1.82, 2.24) is 9.88 Å². The number of benzene rings is 1. The van der Waals surface area contributed by atoms with E-state index >= 15 is 0 Å². The van der Waals surface area contributed by atoms with Crippen molar-refractivity contribution in [3.05, 3.63) is 41.2 Å². The lowest BCUT2D eigenvalue weighted by Gasteiger charge is -2.35. The van der Waals surface area contributed by atoms with E-state index in [-0.39, 0.29) is 18.1 Å². The van der Waals surface area contributed by atoms with Crippen molar-refractivity contribution in [2.45, 2.75) is 26.1 Å². The Labute approximate surface area is 128 Å². The first-order chi connectivity index (χ1) is 10.0. The van der Waals surface area contributed by atoms with Gasteiger partial charge >= 0.3 is 0 Å². The smallest absolute Gasteiger partial charge is 0.272 e. The zero-order valence-electron chi connectivity index (χ0n) is 12.0. The van der Waals surface area contributed by atoms with Crippen LogP contribution in [0.4, 0.5) is 0 Å². The fourth-order valence-electron chi connectivity index (χ4n) is 2.77. The number of fused-ring (bicyclic) bond motifs is 1. The van der Waals surface area contributed by atoms with Crippen LogP contribution in [0.1, 0.15) is 24.3 Å². The number of morpholine rings is 1. The molecule has 1 amide bonds. The van der Waals surface area contributed by atoms with E-state index in [0.29, 0.717) is 23.9 Å². The van der Waals surface area contributed by atoms with Gasteiger partial charge in [0.1, 0.15) is 10.8 Å². The minimum atomic E-state index is -0.0929. The number of aromatic nitrogens is 1. The molecule has 0 saturated carbocycles. The fraction of sp³-hybridized carbons (Fsp3) is 0.375. The standard InChI is InChI=1S/C16H17ClN2O2/c1-10-8-19(9-11(2)21-10)16(20)14-7-12-5-3-4-6-13(12)15(17)18-14/h3-7,10-11H,8-9H2,1-2H3/t10-,11+. The van der Waals surface area contributed by atoms with E-state index in [1.807, 2.05) is 38.1 Å². The summed E-state index contributed by atoms with van der Waals surface area (Å²) in [5, 5.41) is 2.15. The second-order valence-electron chi connectivity index (χ2n) is 5.49. The van der Waals surface area contributed by atoms with Gasteiger partial charge < -0.3 is 9.64 Å². The minimum absolute atomic E-state index is 0.0358. The van der Waals surface area contributed by atoms with Crippen LogP contribution in [0, 0.1) is 0 Å². The largest absolute Gasteiger partial charge is 0.372 e. The van der Waals surface area contributed by atoms with Gasteiger partial charge in [0, 0.05) is 18.5 Å². The summed E-state index contributed by atoms with van der Waals surface area (Å²) in [4.78, 5) is 18.7. The molecule has 4 nitrogen and oxygen atoms in total. The highest BCUT2D eigenvalue weighted by atomic mass is 35.5. The molecule has 0 N–H and O–H groups in total. The molecule has 2 atom stereocenters. The number of hydrogen-bond donors (Lipinski definition) is 0. The molecule has 1 aromatic carbocycles. The van der Waals surface area contributed by atoms with Gasteiger partial charge in [0.15, 0.2) is 0 Å². The van der Waals surface area contributed by atoms with Gasteiger partial charge in [-0.25, -0.2) is 4.98 Å². The number of carbonyl (C=O) groups is 1. The third-order valence-electron chi connectivity index (χ3n) is 3.62. The van der Waals surface area contributed by atoms with Crippen molar-refractivity contribution in [2.75, 3.05) is 13.1 Å². The molecule has 1 fully saturated rings. The normalized spacial score (nSPS) is 22.5. The monoisotopic (exact) mass is 304 g/mol. The minimum Gasteiger partial charge on any atom is -0.372 e. The molecule has 2 aromatic rings. The fourth-order valence-corrected chi connectivity index (χ4v) is 3.03. The second kappa shape index (κ2) is 5.62. The van der Waals surface area contributed by atoms with Crippen LogP contribution < -0.4 is 0 Å². The summed E-state index contributed by atoms with van der Waals surface area (Å²) >= 11 is 6.20. The number of ether oxygens (including phenoxy) is 1. The molecular weight excluding hydrogens is 288 g/mol. The number of halogens is 1. The third kappa shape index (κ3) is 2.87. The maximum atomic E-state index is 12.6. The molecule has 1 aliphatic rings. The highest BCUT2D eigenvalue weighted by Gasteiger charge is 2.27. The highest BCUT2D eigenvalue weighted by molar-refractivity contribution is 6.34. The molecule has 1 aliphatic heterocycles. The van der Waals surface area contributed by atoms with Crippen LogP contribution in [0.15, 0.2) is 30.3 Å². The third-order valence-corrected chi connectivity index (χ3v) is 3.91. The molecule has 21 heavy (non-hydrogen) atoms. The number of rotatable bonds is 1. The molecule has 1 aromatic heterocycles. The van der Waals surface area contributed by atoms with Crippen molar-refractivity contribution in [3.63, 3.8) is 0 Å². The van der Waals surface area contributed by atoms with Gasteiger partial charge in [0.25, 0.3) is 5.91 Å². The van der Waals surface area contributed by atoms with E-state index in [9.17, 15) is 4.79 Å². The summed E-state index contributed by atoms with van der Waals surface area (Å²) in [5.41, 5.74) is 0.389. The van der Waals surface area contributed by atoms with Crippen molar-refractivity contribution in [1.29, 1.82) is 0 Å². The molecule has 0 spiro atoms. The Kier molecular flexibility index (Phi) is 3.83. The molecule has 0 aliphatic carbocycles. The number of amides is 1. The summed E-state index contributed by atoms with van der Waals surface area (Å²) in [6.07, 6.45) is 0.0715. The van der Waals surface area contributed by atoms with Gasteiger partial charge in [-0.1, -0.05) is 35.9 Å². The van der Waals surface area contributed by atoms with Crippen LogP contribution in [0.25, 0.3) is 10.8 Å². The summed E-state index contributed by atoms with van der Waals surface area (Å²) in [6.45, 7) is 5.10. The van der Waals surface area contributed by atoms with Crippen molar-refractivity contribution in [3.8, 4) is 0 Å². The van der Waals surface area contributed by atoms with Crippen LogP contribution in [-0.4, -0.2) is 41.1 Å². The summed E-state index contributed by atoms with van der Waals surface area (Å²) < 4.78 is 5.66. The van der Waals surface area contributed by atoms with Gasteiger partial charge in [-0.15, -0.1) is 0 Å². The van der Waals surface area contributed by atoms with E-state index in [1.165, 1.54) is 0 Å². The quantitative estimate of drug-likeness (QED) is 0.760. The number of hydrogen-bond acceptors (Lipinski definition) is 3. The first-order valence-corrected chi connectivity index (χ1v) is 7.42. The molecule has 2 heterocycles. The van der Waals surface area contributed by atoms with Crippen molar-refractivity contribution >= 4 is 28.3 Å². The average Bonchev–Trinajstić information content (AvgIpc) is 2.45. The Bertz CT molecular complexity index is 679. The lowest BCUT2D eigenvalue weighted by Crippen LogP contribution is -2.48. The zero-order valence-corrected chi connectivity index (χ0v) is 12.8. The first kappa shape index (κ1) is 14.3. The maximum absolute atomic E-state index is 12.6. The number of nitrogens with zero attached hydrogens (tertiary/aromatic N) is 2. The van der Waals surface area contributed by atoms with Crippen LogP contribution in [0.3, 0.4) is 0 Å². The Morgan fingerprint density at radius 2 is 1.95 bits per heavy atom. The van der Waals surface area contributed by atoms with Crippen LogP contribution in [0.5, 0.6) is 0 Å². The SMILES string of the molecule is C[C@@H]1CN(C(=O)c2cc3ccccc3c(Cl)n2)C[C@H](C)O1. The van der Waals surface area contributed by atoms with Gasteiger partial charge in [0.2, 0.25) is 0 Å². The van der Waals surface area contributed by atoms with Crippen LogP contribution in [0.2, 0.25) is 5.15 Å². The first-order valence-electron chi connectivity index (χ1n) is 7.04. The Balaban J connectivity index is 1.94. The van der Waals surface area contributed by atoms with E-state index in [1.54, 1.807) is 11.0 Å². The summed E-state index contributed by atoms with van der Waals surface area (Å²) in [5.74, 6) is -0.0929. The molecule has 0 radical (unpaired) electrons. The highest BCUT2D eigenvalue weighted by Crippen LogP contribution is 2.23. The Morgan fingerprint density at radius 1 is 1.29 bits per heavy atom. The summed E-state index contributed by atoms with van der Waals surface area (Å²) in [7, 11) is 0. The molecule has 1 saturated heterocycles. The second-order valence-corrected chi connectivity index (χ2v) is 5.84. The van der Waals surface area contributed by atoms with E-state index in [4.69, 9.17) is 16.3 Å². The van der Waals surface area contributed by atoms with Gasteiger partial charge in [-0.3, -0.25) is 4.79 Å². The van der Waals surface area contributed by atoms with Crippen molar-refractivity contribution < 1.29 is 9.53 Å². The van der Waals surface area contributed by atoms with Gasteiger partial charge in [-0.2, -0.15) is 0 Å². The summed E-state index contributed by atoms with van der Waals surface area (Å²) in [6, 6.07) is 9.46. The van der Waals surface area contributed by atoms with Gasteiger partial charge in [-0.05, 0) is 25.3 Å². The maximum Gasteiger partial charge on any atom is 0.272 e. The predicted molar refractivity (Wildman–Crippen MR) is 82.7 cm³/mol. The molecule has 0 unspecified atom stereocenters. The van der Waals surface area contributed by atoms with Gasteiger partial charge in [0.05, 0.1) is 12.2 Å². The van der Waals surface area contributed by atoms with Crippen LogP contribution >= 0.6 is 11.6 Å². The lowest BCUT2D eigenvalue weighted by molar-refractivity contribution is -0.0587. The van der Waals surface area contributed by atoms with E-state index in [0.717, 1.165) is 10.8 Å². The lowest BCUT2D eigenvalue weighted by atomic mass is 10.1. The molecule has 0 bridgehead atoms. The molecular formula is C16H17ClN2O2. The Hall–Kier alpha value is -1.65. The van der Waals surface area contributed by atoms with E-state index < -0.39 is 0 Å². The zero-order chi connectivity index (χ0) is 15.0. The van der Waals surface area contributed by atoms with Crippen LogP contribution in [-0.2, 0) is 4.74 Å². The molecule has 5 heteroatoms. The average molecular weight is 305 g/mol. The molecule has 3 rings (SSSR count). The number of pyridine rings is 1.